The Morgan fingerprint density at radius 1 is 1.07 bits per heavy atom. The molecule has 4 nitrogen and oxygen atoms in total. The second-order valence-electron chi connectivity index (χ2n) is 8.18. The normalized spacial score (nSPS) is 16.4. The topological polar surface area (TPSA) is 50.5 Å². The van der Waals surface area contributed by atoms with Crippen LogP contribution in [0.4, 0.5) is 0 Å². The Balaban J connectivity index is 1.42. The third kappa shape index (κ3) is 5.82. The smallest absolute Gasteiger partial charge is 0.120 e. The maximum Gasteiger partial charge on any atom is 0.120 e. The zero-order chi connectivity index (χ0) is 20.6. The number of piperazine rings is 1. The largest absolute Gasteiger partial charge is 0.508 e. The zero-order valence-corrected chi connectivity index (χ0v) is 17.8. The quantitative estimate of drug-likeness (QED) is 0.711. The lowest BCUT2D eigenvalue weighted by Crippen LogP contribution is -2.46. The van der Waals surface area contributed by atoms with E-state index in [1.807, 2.05) is 31.2 Å². The van der Waals surface area contributed by atoms with Crippen molar-refractivity contribution < 1.29 is 5.11 Å². The first-order valence-corrected chi connectivity index (χ1v) is 10.8. The predicted molar refractivity (Wildman–Crippen MR) is 118 cm³/mol. The van der Waals surface area contributed by atoms with E-state index in [0.717, 1.165) is 62.4 Å². The van der Waals surface area contributed by atoms with E-state index in [0.29, 0.717) is 11.7 Å². The summed E-state index contributed by atoms with van der Waals surface area (Å²) in [5.74, 6) is 0.974. The zero-order valence-electron chi connectivity index (χ0n) is 17.8. The number of hydrogen-bond acceptors (Lipinski definition) is 4. The minimum atomic E-state index is 0.401. The van der Waals surface area contributed by atoms with Gasteiger partial charge in [0.25, 0.3) is 0 Å². The second-order valence-corrected chi connectivity index (χ2v) is 8.18. The van der Waals surface area contributed by atoms with Gasteiger partial charge in [0.15, 0.2) is 0 Å². The third-order valence-corrected chi connectivity index (χ3v) is 6.21. The SMILES string of the molecule is CCC(CCCN1CCN(Cc2ccccc2O)CC1)c1ccc(C#N)c(C)c1. The highest BCUT2D eigenvalue weighted by atomic mass is 16.3. The maximum atomic E-state index is 9.97. The molecule has 3 rings (SSSR count). The van der Waals surface area contributed by atoms with Gasteiger partial charge in [0, 0.05) is 38.3 Å². The highest BCUT2D eigenvalue weighted by Crippen LogP contribution is 2.27. The number of benzene rings is 2. The predicted octanol–water partition coefficient (Wildman–Crippen LogP) is 4.66. The molecule has 4 heteroatoms. The van der Waals surface area contributed by atoms with Crippen LogP contribution in [0.5, 0.6) is 5.75 Å². The van der Waals surface area contributed by atoms with Crippen LogP contribution in [0.1, 0.15) is 54.4 Å². The lowest BCUT2D eigenvalue weighted by Gasteiger charge is -2.35. The molecule has 0 saturated carbocycles. The summed E-state index contributed by atoms with van der Waals surface area (Å²) in [7, 11) is 0. The highest BCUT2D eigenvalue weighted by Gasteiger charge is 2.18. The van der Waals surface area contributed by atoms with Crippen molar-refractivity contribution in [1.82, 2.24) is 9.80 Å². The van der Waals surface area contributed by atoms with Gasteiger partial charge in [0.05, 0.1) is 11.6 Å². The van der Waals surface area contributed by atoms with E-state index in [1.54, 1.807) is 6.07 Å². The number of rotatable bonds is 8. The summed E-state index contributed by atoms with van der Waals surface area (Å²) in [4.78, 5) is 5.00. The van der Waals surface area contributed by atoms with Gasteiger partial charge in [-0.3, -0.25) is 4.90 Å². The average Bonchev–Trinajstić information content (AvgIpc) is 2.74. The lowest BCUT2D eigenvalue weighted by atomic mass is 9.90. The second kappa shape index (κ2) is 10.4. The van der Waals surface area contributed by atoms with Gasteiger partial charge >= 0.3 is 0 Å². The van der Waals surface area contributed by atoms with Crippen molar-refractivity contribution in [3.8, 4) is 11.8 Å². The summed E-state index contributed by atoms with van der Waals surface area (Å²) in [5.41, 5.74) is 4.26. The first-order chi connectivity index (χ1) is 14.1. The van der Waals surface area contributed by atoms with Crippen molar-refractivity contribution >= 4 is 0 Å². The number of aryl methyl sites for hydroxylation is 1. The molecule has 1 unspecified atom stereocenters. The highest BCUT2D eigenvalue weighted by molar-refractivity contribution is 5.40. The number of nitriles is 1. The van der Waals surface area contributed by atoms with Crippen LogP contribution in [0.15, 0.2) is 42.5 Å². The summed E-state index contributed by atoms with van der Waals surface area (Å²) >= 11 is 0. The van der Waals surface area contributed by atoms with Gasteiger partial charge < -0.3 is 10.0 Å². The van der Waals surface area contributed by atoms with Crippen LogP contribution in [0.2, 0.25) is 0 Å². The van der Waals surface area contributed by atoms with E-state index < -0.39 is 0 Å². The molecule has 0 radical (unpaired) electrons. The molecule has 1 aliphatic rings. The van der Waals surface area contributed by atoms with Gasteiger partial charge in [-0.25, -0.2) is 0 Å². The molecule has 2 aromatic rings. The number of phenolic OH excluding ortho intramolecular Hbond substituents is 1. The minimum Gasteiger partial charge on any atom is -0.508 e. The monoisotopic (exact) mass is 391 g/mol. The summed E-state index contributed by atoms with van der Waals surface area (Å²) in [6, 6.07) is 16.2. The molecule has 1 heterocycles. The van der Waals surface area contributed by atoms with Crippen LogP contribution >= 0.6 is 0 Å². The third-order valence-electron chi connectivity index (χ3n) is 6.21. The maximum absolute atomic E-state index is 9.97. The van der Waals surface area contributed by atoms with Crippen molar-refractivity contribution in [2.24, 2.45) is 0 Å². The number of aromatic hydroxyl groups is 1. The van der Waals surface area contributed by atoms with E-state index >= 15 is 0 Å². The van der Waals surface area contributed by atoms with E-state index in [2.05, 4.69) is 34.9 Å². The van der Waals surface area contributed by atoms with E-state index in [4.69, 9.17) is 5.26 Å². The standard InChI is InChI=1S/C25H33N3O/c1-3-21(22-10-11-23(18-26)20(2)17-22)8-6-12-27-13-15-28(16-14-27)19-24-7-4-5-9-25(24)29/h4-5,7,9-11,17,21,29H,3,6,8,12-16,19H2,1-2H3. The fraction of sp³-hybridized carbons (Fsp3) is 0.480. The molecular weight excluding hydrogens is 358 g/mol. The Labute approximate surface area is 175 Å². The number of hydrogen-bond donors (Lipinski definition) is 1. The van der Waals surface area contributed by atoms with Crippen LogP contribution in [0, 0.1) is 18.3 Å². The Morgan fingerprint density at radius 2 is 1.79 bits per heavy atom. The molecule has 2 aromatic carbocycles. The molecule has 1 fully saturated rings. The summed E-state index contributed by atoms with van der Waals surface area (Å²) < 4.78 is 0. The van der Waals surface area contributed by atoms with Crippen LogP contribution < -0.4 is 0 Å². The molecule has 0 amide bonds. The Morgan fingerprint density at radius 3 is 2.45 bits per heavy atom. The van der Waals surface area contributed by atoms with Crippen LogP contribution in [0.25, 0.3) is 0 Å². The Hall–Kier alpha value is -2.35. The molecule has 0 aliphatic carbocycles. The molecule has 1 N–H and O–H groups in total. The van der Waals surface area contributed by atoms with Crippen molar-refractivity contribution in [2.75, 3.05) is 32.7 Å². The Kier molecular flexibility index (Phi) is 7.69. The van der Waals surface area contributed by atoms with Crippen LogP contribution in [-0.2, 0) is 6.54 Å². The fourth-order valence-electron chi connectivity index (χ4n) is 4.29. The van der Waals surface area contributed by atoms with E-state index in [-0.39, 0.29) is 0 Å². The first kappa shape index (κ1) is 21.4. The van der Waals surface area contributed by atoms with Gasteiger partial charge in [0.2, 0.25) is 0 Å². The Bertz CT molecular complexity index is 834. The molecule has 1 atom stereocenters. The van der Waals surface area contributed by atoms with Crippen LogP contribution in [0.3, 0.4) is 0 Å². The van der Waals surface area contributed by atoms with Gasteiger partial charge in [-0.1, -0.05) is 37.3 Å². The first-order valence-electron chi connectivity index (χ1n) is 10.8. The number of para-hydroxylation sites is 1. The fourth-order valence-corrected chi connectivity index (χ4v) is 4.29. The van der Waals surface area contributed by atoms with Crippen molar-refractivity contribution in [3.05, 3.63) is 64.7 Å². The van der Waals surface area contributed by atoms with Gasteiger partial charge in [-0.15, -0.1) is 0 Å². The molecular formula is C25H33N3O. The molecule has 1 saturated heterocycles. The minimum absolute atomic E-state index is 0.401. The molecule has 0 aromatic heterocycles. The molecule has 154 valence electrons. The summed E-state index contributed by atoms with van der Waals surface area (Å²) in [6.07, 6.45) is 3.54. The van der Waals surface area contributed by atoms with Crippen LogP contribution in [-0.4, -0.2) is 47.6 Å². The van der Waals surface area contributed by atoms with Gasteiger partial charge in [-0.2, -0.15) is 5.26 Å². The summed E-state index contributed by atoms with van der Waals surface area (Å²) in [6.45, 7) is 10.6. The number of phenols is 1. The molecule has 29 heavy (non-hydrogen) atoms. The lowest BCUT2D eigenvalue weighted by molar-refractivity contribution is 0.124. The van der Waals surface area contributed by atoms with E-state index in [1.165, 1.54) is 18.4 Å². The molecule has 0 spiro atoms. The van der Waals surface area contributed by atoms with Crippen molar-refractivity contribution in [2.45, 2.75) is 45.6 Å². The average molecular weight is 392 g/mol. The van der Waals surface area contributed by atoms with Gasteiger partial charge in [-0.05, 0) is 61.9 Å². The van der Waals surface area contributed by atoms with Gasteiger partial charge in [0.1, 0.15) is 5.75 Å². The van der Waals surface area contributed by atoms with E-state index in [9.17, 15) is 5.11 Å². The number of nitrogens with zero attached hydrogens (tertiary/aromatic N) is 3. The van der Waals surface area contributed by atoms with Crippen molar-refractivity contribution in [1.29, 1.82) is 5.26 Å². The molecule has 0 bridgehead atoms. The molecule has 1 aliphatic heterocycles. The van der Waals surface area contributed by atoms with Crippen molar-refractivity contribution in [3.63, 3.8) is 0 Å². The summed E-state index contributed by atoms with van der Waals surface area (Å²) in [5, 5.41) is 19.1.